The smallest absolute Gasteiger partial charge is 0.271 e. The van der Waals surface area contributed by atoms with E-state index in [0.29, 0.717) is 9.21 Å². The van der Waals surface area contributed by atoms with Crippen molar-refractivity contribution < 1.29 is 8.78 Å². The summed E-state index contributed by atoms with van der Waals surface area (Å²) in [6, 6.07) is 2.01. The van der Waals surface area contributed by atoms with Gasteiger partial charge in [0.05, 0.1) is 4.34 Å². The molecule has 0 saturated heterocycles. The van der Waals surface area contributed by atoms with E-state index in [-0.39, 0.29) is 6.42 Å². The molecule has 7 heteroatoms. The van der Waals surface area contributed by atoms with Crippen LogP contribution in [0.5, 0.6) is 0 Å². The highest BCUT2D eigenvalue weighted by Crippen LogP contribution is 2.29. The van der Waals surface area contributed by atoms with E-state index >= 15 is 0 Å². The number of hydrazine groups is 1. The zero-order valence-electron chi connectivity index (χ0n) is 6.94. The molecular weight excluding hydrogens is 253 g/mol. The van der Waals surface area contributed by atoms with Gasteiger partial charge in [0.15, 0.2) is 0 Å². The Balaban J connectivity index is 2.66. The monoisotopic (exact) mass is 260 g/mol. The molecule has 0 saturated carbocycles. The van der Waals surface area contributed by atoms with Gasteiger partial charge < -0.3 is 0 Å². The minimum atomic E-state index is -3.37. The van der Waals surface area contributed by atoms with Crippen molar-refractivity contribution in [2.75, 3.05) is 0 Å². The zero-order valence-corrected chi connectivity index (χ0v) is 9.26. The van der Waals surface area contributed by atoms with Crippen molar-refractivity contribution in [2.45, 2.75) is 17.8 Å². The van der Waals surface area contributed by atoms with E-state index in [2.05, 4.69) is 0 Å². The summed E-state index contributed by atoms with van der Waals surface area (Å²) in [6.07, 6.45) is 0.0460. The quantitative estimate of drug-likeness (QED) is 0.496. The molecule has 1 heterocycles. The molecule has 0 aliphatic heterocycles. The van der Waals surface area contributed by atoms with Gasteiger partial charge in [-0.05, 0) is 23.7 Å². The third-order valence-corrected chi connectivity index (χ3v) is 3.15. The highest BCUT2D eigenvalue weighted by Gasteiger charge is 2.36. The molecule has 1 aromatic heterocycles. The first-order valence-corrected chi connectivity index (χ1v) is 5.28. The number of nitrogens with one attached hydrogen (secondary N) is 1. The molecule has 1 aromatic rings. The minimum absolute atomic E-state index is 0.0460. The van der Waals surface area contributed by atoms with Gasteiger partial charge in [0, 0.05) is 11.3 Å². The van der Waals surface area contributed by atoms with Crippen LogP contribution in [-0.2, 0) is 6.42 Å². The highest BCUT2D eigenvalue weighted by molar-refractivity contribution is 7.16. The van der Waals surface area contributed by atoms with E-state index in [4.69, 9.17) is 29.0 Å². The van der Waals surface area contributed by atoms with Crippen LogP contribution >= 0.6 is 34.5 Å². The Morgan fingerprint density at radius 2 is 2.21 bits per heavy atom. The zero-order chi connectivity index (χ0) is 10.8. The topological polar surface area (TPSA) is 38.0 Å². The molecule has 2 nitrogen and oxygen atoms in total. The fourth-order valence-electron chi connectivity index (χ4n) is 0.932. The average Bonchev–Trinajstić information content (AvgIpc) is 2.45. The number of hydrogen-bond donors (Lipinski definition) is 2. The summed E-state index contributed by atoms with van der Waals surface area (Å²) in [5.74, 6) is 4.97. The van der Waals surface area contributed by atoms with Crippen LogP contribution < -0.4 is 11.3 Å². The molecule has 0 aliphatic carbocycles. The number of thiophene rings is 1. The number of rotatable bonds is 4. The standard InChI is InChI=1S/C7H8Cl2F2N2S/c8-6-2-1-4(14-6)3-5(13-12)7(9,10)11/h1-2,5,13H,3,12H2. The Bertz CT molecular complexity index is 300. The first-order valence-electron chi connectivity index (χ1n) is 3.70. The molecule has 0 radical (unpaired) electrons. The Morgan fingerprint density at radius 1 is 1.57 bits per heavy atom. The maximum absolute atomic E-state index is 12.7. The van der Waals surface area contributed by atoms with E-state index in [1.807, 2.05) is 5.43 Å². The normalized spacial score (nSPS) is 14.4. The summed E-state index contributed by atoms with van der Waals surface area (Å²) >= 11 is 11.7. The largest absolute Gasteiger partial charge is 0.338 e. The van der Waals surface area contributed by atoms with Crippen LogP contribution in [0.4, 0.5) is 8.78 Å². The Labute approximate surface area is 94.0 Å². The predicted molar refractivity (Wildman–Crippen MR) is 54.9 cm³/mol. The second kappa shape index (κ2) is 4.72. The molecule has 0 aliphatic rings. The molecule has 0 amide bonds. The van der Waals surface area contributed by atoms with Crippen LogP contribution in [0.3, 0.4) is 0 Å². The van der Waals surface area contributed by atoms with E-state index in [1.165, 1.54) is 11.3 Å². The lowest BCUT2D eigenvalue weighted by Crippen LogP contribution is -2.46. The molecule has 14 heavy (non-hydrogen) atoms. The summed E-state index contributed by atoms with van der Waals surface area (Å²) < 4.78 is 25.9. The molecule has 1 atom stereocenters. The first-order chi connectivity index (χ1) is 6.43. The summed E-state index contributed by atoms with van der Waals surface area (Å²) in [5.41, 5.74) is 1.98. The van der Waals surface area contributed by atoms with Crippen molar-refractivity contribution in [1.82, 2.24) is 5.43 Å². The SMILES string of the molecule is NNC(Cc1ccc(Cl)s1)C(F)(F)Cl. The van der Waals surface area contributed by atoms with Crippen molar-refractivity contribution >= 4 is 34.5 Å². The van der Waals surface area contributed by atoms with Crippen LogP contribution in [0.15, 0.2) is 12.1 Å². The molecular formula is C7H8Cl2F2N2S. The van der Waals surface area contributed by atoms with Crippen LogP contribution in [-0.4, -0.2) is 11.4 Å². The second-order valence-corrected chi connectivity index (χ2v) is 4.97. The van der Waals surface area contributed by atoms with Gasteiger partial charge in [-0.2, -0.15) is 8.78 Å². The van der Waals surface area contributed by atoms with Gasteiger partial charge in [-0.3, -0.25) is 5.84 Å². The second-order valence-electron chi connectivity index (χ2n) is 2.67. The van der Waals surface area contributed by atoms with Crippen molar-refractivity contribution in [3.8, 4) is 0 Å². The summed E-state index contributed by atoms with van der Waals surface area (Å²) in [7, 11) is 0. The maximum atomic E-state index is 12.7. The van der Waals surface area contributed by atoms with Crippen molar-refractivity contribution in [3.05, 3.63) is 21.3 Å². The van der Waals surface area contributed by atoms with Gasteiger partial charge in [0.2, 0.25) is 0 Å². The maximum Gasteiger partial charge on any atom is 0.338 e. The van der Waals surface area contributed by atoms with Gasteiger partial charge >= 0.3 is 5.38 Å². The van der Waals surface area contributed by atoms with Crippen molar-refractivity contribution in [3.63, 3.8) is 0 Å². The average molecular weight is 261 g/mol. The Hall–Kier alpha value is 0.0600. The van der Waals surface area contributed by atoms with Crippen LogP contribution in [0.1, 0.15) is 4.88 Å². The fourth-order valence-corrected chi connectivity index (χ4v) is 2.20. The van der Waals surface area contributed by atoms with Crippen LogP contribution in [0.25, 0.3) is 0 Å². The van der Waals surface area contributed by atoms with Crippen molar-refractivity contribution in [2.24, 2.45) is 5.84 Å². The van der Waals surface area contributed by atoms with Gasteiger partial charge in [-0.15, -0.1) is 11.3 Å². The number of halogens is 4. The van der Waals surface area contributed by atoms with Crippen molar-refractivity contribution in [1.29, 1.82) is 0 Å². The third-order valence-electron chi connectivity index (χ3n) is 1.63. The van der Waals surface area contributed by atoms with Crippen LogP contribution in [0, 0.1) is 0 Å². The molecule has 1 unspecified atom stereocenters. The fraction of sp³-hybridized carbons (Fsp3) is 0.429. The minimum Gasteiger partial charge on any atom is -0.271 e. The van der Waals surface area contributed by atoms with Gasteiger partial charge in [0.1, 0.15) is 6.04 Å². The Kier molecular flexibility index (Phi) is 4.09. The molecule has 80 valence electrons. The molecule has 3 N–H and O–H groups in total. The molecule has 0 spiro atoms. The van der Waals surface area contributed by atoms with Gasteiger partial charge in [-0.25, -0.2) is 5.43 Å². The van der Waals surface area contributed by atoms with E-state index in [0.717, 1.165) is 0 Å². The van der Waals surface area contributed by atoms with Gasteiger partial charge in [-0.1, -0.05) is 11.6 Å². The number of hydrogen-bond acceptors (Lipinski definition) is 3. The Morgan fingerprint density at radius 3 is 2.57 bits per heavy atom. The molecule has 0 aromatic carbocycles. The molecule has 0 bridgehead atoms. The van der Waals surface area contributed by atoms with E-state index in [9.17, 15) is 8.78 Å². The highest BCUT2D eigenvalue weighted by atomic mass is 35.5. The lowest BCUT2D eigenvalue weighted by molar-refractivity contribution is 0.0506. The summed E-state index contributed by atoms with van der Waals surface area (Å²) in [5, 5.41) is -3.37. The number of nitrogens with two attached hydrogens (primary N) is 1. The lowest BCUT2D eigenvalue weighted by atomic mass is 10.2. The first kappa shape index (κ1) is 12.1. The molecule has 0 fully saturated rings. The van der Waals surface area contributed by atoms with Gasteiger partial charge in [0.25, 0.3) is 0 Å². The number of alkyl halides is 3. The predicted octanol–water partition coefficient (Wildman–Crippen LogP) is 2.61. The third kappa shape index (κ3) is 3.33. The summed E-state index contributed by atoms with van der Waals surface area (Å²) in [4.78, 5) is 0.707. The summed E-state index contributed by atoms with van der Waals surface area (Å²) in [6.45, 7) is 0. The van der Waals surface area contributed by atoms with Crippen LogP contribution in [0.2, 0.25) is 4.34 Å². The van der Waals surface area contributed by atoms with E-state index in [1.54, 1.807) is 12.1 Å². The lowest BCUT2D eigenvalue weighted by Gasteiger charge is -2.19. The van der Waals surface area contributed by atoms with E-state index < -0.39 is 11.4 Å². The molecule has 1 rings (SSSR count).